The van der Waals surface area contributed by atoms with Crippen molar-refractivity contribution >= 4 is 13.5 Å². The number of amides is 1. The molecule has 0 bridgehead atoms. The number of unbranched alkanes of at least 4 members (excludes halogenated alkanes) is 4. The second-order valence-corrected chi connectivity index (χ2v) is 11.3. The molecule has 6 heteroatoms. The number of carbonyl (C=O) groups is 1. The molecule has 2 atom stereocenters. The maximum Gasteiger partial charge on any atom is 0.345 e. The van der Waals surface area contributed by atoms with Crippen molar-refractivity contribution < 1.29 is 18.4 Å². The molecule has 1 amide bonds. The Labute approximate surface area is 187 Å². The van der Waals surface area contributed by atoms with Gasteiger partial charge in [-0.2, -0.15) is 0 Å². The second kappa shape index (κ2) is 15.4. The average molecular weight is 448 g/mol. The van der Waals surface area contributed by atoms with Gasteiger partial charge in [0, 0.05) is 12.1 Å². The van der Waals surface area contributed by atoms with Crippen LogP contribution >= 0.6 is 7.60 Å². The van der Waals surface area contributed by atoms with Gasteiger partial charge in [0.25, 0.3) is 0 Å². The highest BCUT2D eigenvalue weighted by Gasteiger charge is 2.52. The molecule has 0 aliphatic rings. The molecule has 0 N–H and O–H groups in total. The maximum absolute atomic E-state index is 14.0. The molecule has 0 fully saturated rings. The van der Waals surface area contributed by atoms with Gasteiger partial charge in [-0.15, -0.1) is 0 Å². The van der Waals surface area contributed by atoms with Crippen molar-refractivity contribution in [3.05, 3.63) is 0 Å². The lowest BCUT2D eigenvalue weighted by atomic mass is 9.96. The van der Waals surface area contributed by atoms with Crippen molar-refractivity contribution in [1.29, 1.82) is 0 Å². The van der Waals surface area contributed by atoms with Crippen LogP contribution in [0.1, 0.15) is 120 Å². The third-order valence-electron chi connectivity index (χ3n) is 6.05. The predicted octanol–water partition coefficient (Wildman–Crippen LogP) is 7.58. The van der Waals surface area contributed by atoms with Crippen LogP contribution in [-0.2, 0) is 18.4 Å². The summed E-state index contributed by atoms with van der Waals surface area (Å²) >= 11 is 0. The van der Waals surface area contributed by atoms with Crippen LogP contribution in [0.15, 0.2) is 0 Å². The molecule has 180 valence electrons. The van der Waals surface area contributed by atoms with Crippen LogP contribution in [0.5, 0.6) is 0 Å². The van der Waals surface area contributed by atoms with Gasteiger partial charge in [0.1, 0.15) is 5.16 Å². The smallest absolute Gasteiger partial charge is 0.336 e. The number of hydrogen-bond donors (Lipinski definition) is 0. The van der Waals surface area contributed by atoms with E-state index in [1.807, 2.05) is 0 Å². The summed E-state index contributed by atoms with van der Waals surface area (Å²) in [6.45, 7) is 16.3. The van der Waals surface area contributed by atoms with Gasteiger partial charge >= 0.3 is 7.60 Å². The summed E-state index contributed by atoms with van der Waals surface area (Å²) in [4.78, 5) is 16.1. The zero-order valence-electron chi connectivity index (χ0n) is 21.2. The molecule has 0 heterocycles. The van der Waals surface area contributed by atoms with Gasteiger partial charge in [-0.1, -0.05) is 66.2 Å². The predicted molar refractivity (Wildman–Crippen MR) is 128 cm³/mol. The van der Waals surface area contributed by atoms with Gasteiger partial charge in [0.05, 0.1) is 13.2 Å². The molecule has 0 aromatic rings. The Morgan fingerprint density at radius 1 is 0.800 bits per heavy atom. The van der Waals surface area contributed by atoms with E-state index in [4.69, 9.17) is 9.05 Å². The van der Waals surface area contributed by atoms with Gasteiger partial charge in [-0.05, 0) is 53.4 Å². The summed E-state index contributed by atoms with van der Waals surface area (Å²) < 4.78 is 24.9. The maximum atomic E-state index is 14.0. The van der Waals surface area contributed by atoms with Crippen molar-refractivity contribution in [1.82, 2.24) is 4.90 Å². The minimum Gasteiger partial charge on any atom is -0.336 e. The fraction of sp³-hybridized carbons (Fsp3) is 0.958. The number of rotatable bonds is 18. The van der Waals surface area contributed by atoms with Gasteiger partial charge in [-0.25, -0.2) is 0 Å². The minimum atomic E-state index is -3.59. The quantitative estimate of drug-likeness (QED) is 0.160. The first-order chi connectivity index (χ1) is 14.2. The summed E-state index contributed by atoms with van der Waals surface area (Å²) in [7, 11) is -3.59. The summed E-state index contributed by atoms with van der Waals surface area (Å²) in [5, 5.41) is -1.21. The lowest BCUT2D eigenvalue weighted by Gasteiger charge is -2.43. The van der Waals surface area contributed by atoms with Crippen LogP contribution < -0.4 is 0 Å². The standard InChI is InChI=1S/C24H50NO4P/c1-9-15-17-19-21(11-3)25(22(12-4)20-18-16-10-2)23(26)24(7,8)30(27,28-13-5)29-14-6/h21-22H,9-20H2,1-8H3. The van der Waals surface area contributed by atoms with Crippen molar-refractivity contribution in [2.75, 3.05) is 13.2 Å². The van der Waals surface area contributed by atoms with E-state index in [9.17, 15) is 9.36 Å². The van der Waals surface area contributed by atoms with Crippen LogP contribution in [-0.4, -0.2) is 41.3 Å². The van der Waals surface area contributed by atoms with Gasteiger partial charge in [-0.3, -0.25) is 9.36 Å². The molecular weight excluding hydrogens is 397 g/mol. The van der Waals surface area contributed by atoms with Gasteiger partial charge < -0.3 is 13.9 Å². The lowest BCUT2D eigenvalue weighted by Crippen LogP contribution is -2.54. The third-order valence-corrected chi connectivity index (χ3v) is 8.81. The summed E-state index contributed by atoms with van der Waals surface area (Å²) in [6, 6.07) is 0.318. The number of carbonyl (C=O) groups excluding carboxylic acids is 1. The lowest BCUT2D eigenvalue weighted by molar-refractivity contribution is -0.139. The molecule has 0 spiro atoms. The fourth-order valence-electron chi connectivity index (χ4n) is 4.10. The van der Waals surface area contributed by atoms with Crippen LogP contribution in [0.4, 0.5) is 0 Å². The van der Waals surface area contributed by atoms with Crippen LogP contribution in [0.25, 0.3) is 0 Å². The normalized spacial score (nSPS) is 14.5. The Balaban J connectivity index is 6.03. The topological polar surface area (TPSA) is 55.8 Å². The van der Waals surface area contributed by atoms with E-state index in [0.717, 1.165) is 51.4 Å². The highest BCUT2D eigenvalue weighted by Crippen LogP contribution is 2.60. The molecule has 0 radical (unpaired) electrons. The Hall–Kier alpha value is -0.380. The first kappa shape index (κ1) is 29.6. The number of nitrogens with zero attached hydrogens (tertiary/aromatic N) is 1. The molecule has 0 aromatic heterocycles. The van der Waals surface area contributed by atoms with E-state index in [1.54, 1.807) is 27.7 Å². The molecule has 0 saturated carbocycles. The average Bonchev–Trinajstić information content (AvgIpc) is 2.71. The fourth-order valence-corrected chi connectivity index (χ4v) is 5.85. The minimum absolute atomic E-state index is 0.0839. The highest BCUT2D eigenvalue weighted by molar-refractivity contribution is 7.56. The Morgan fingerprint density at radius 3 is 1.50 bits per heavy atom. The third kappa shape index (κ3) is 8.28. The highest BCUT2D eigenvalue weighted by atomic mass is 31.2. The van der Waals surface area contributed by atoms with Crippen molar-refractivity contribution in [2.24, 2.45) is 0 Å². The monoisotopic (exact) mass is 447 g/mol. The van der Waals surface area contributed by atoms with E-state index in [0.29, 0.717) is 0 Å². The summed E-state index contributed by atoms with van der Waals surface area (Å²) in [5.74, 6) is -0.0839. The van der Waals surface area contributed by atoms with E-state index in [2.05, 4.69) is 32.6 Å². The molecule has 0 aromatic carbocycles. The zero-order valence-corrected chi connectivity index (χ0v) is 22.1. The molecule has 30 heavy (non-hydrogen) atoms. The van der Waals surface area contributed by atoms with E-state index < -0.39 is 12.8 Å². The summed E-state index contributed by atoms with van der Waals surface area (Å²) in [5.41, 5.74) is 0. The van der Waals surface area contributed by atoms with E-state index in [-0.39, 0.29) is 31.2 Å². The van der Waals surface area contributed by atoms with Crippen molar-refractivity contribution in [2.45, 2.75) is 137 Å². The first-order valence-corrected chi connectivity index (χ1v) is 14.0. The molecule has 0 rings (SSSR count). The Bertz CT molecular complexity index is 481. The molecular formula is C24H50NO4P. The van der Waals surface area contributed by atoms with Gasteiger partial charge in [0.2, 0.25) is 5.91 Å². The van der Waals surface area contributed by atoms with Crippen LogP contribution in [0.3, 0.4) is 0 Å². The Morgan fingerprint density at radius 2 is 1.20 bits per heavy atom. The van der Waals surface area contributed by atoms with Crippen LogP contribution in [0, 0.1) is 0 Å². The largest absolute Gasteiger partial charge is 0.345 e. The SMILES string of the molecule is CCCCCC(CC)N(C(=O)C(C)(C)P(=O)(OCC)OCC)C(CC)CCCCC. The molecule has 0 aliphatic carbocycles. The zero-order chi connectivity index (χ0) is 23.2. The van der Waals surface area contributed by atoms with E-state index >= 15 is 0 Å². The number of hydrogen-bond acceptors (Lipinski definition) is 4. The molecule has 5 nitrogen and oxygen atoms in total. The van der Waals surface area contributed by atoms with Crippen molar-refractivity contribution in [3.63, 3.8) is 0 Å². The van der Waals surface area contributed by atoms with E-state index in [1.165, 1.54) is 12.8 Å². The first-order valence-electron chi connectivity index (χ1n) is 12.4. The molecule has 2 unspecified atom stereocenters. The van der Waals surface area contributed by atoms with Crippen LogP contribution in [0.2, 0.25) is 0 Å². The molecule has 0 aliphatic heterocycles. The second-order valence-electron chi connectivity index (χ2n) is 8.72. The van der Waals surface area contributed by atoms with Gasteiger partial charge in [0.15, 0.2) is 0 Å². The van der Waals surface area contributed by atoms with Crippen molar-refractivity contribution in [3.8, 4) is 0 Å². The Kier molecular flexibility index (Phi) is 15.2. The summed E-state index contributed by atoms with van der Waals surface area (Å²) in [6.07, 6.45) is 10.7. The molecule has 0 saturated heterocycles.